The molecule has 0 unspecified atom stereocenters. The zero-order valence-electron chi connectivity index (χ0n) is 34.1. The number of imidazole rings is 1. The van der Waals surface area contributed by atoms with Gasteiger partial charge >= 0.3 is 0 Å². The molecule has 48 heavy (non-hydrogen) atoms. The summed E-state index contributed by atoms with van der Waals surface area (Å²) in [5.41, 5.74) is 10.5. The van der Waals surface area contributed by atoms with E-state index in [1.54, 1.807) is 12.1 Å². The number of fused-ring (bicyclic) bond motifs is 2. The second-order valence-corrected chi connectivity index (χ2v) is 12.8. The van der Waals surface area contributed by atoms with E-state index in [0.29, 0.717) is 29.0 Å². The van der Waals surface area contributed by atoms with Gasteiger partial charge in [-0.05, 0) is 59.1 Å². The summed E-state index contributed by atoms with van der Waals surface area (Å²) in [6, 6.07) is 32.0. The molecule has 4 nitrogen and oxygen atoms in total. The molecule has 247 valence electrons. The van der Waals surface area contributed by atoms with Crippen LogP contribution < -0.4 is 0 Å². The first-order valence-corrected chi connectivity index (χ1v) is 16.1. The quantitative estimate of drug-likeness (QED) is 0.157. The minimum absolute atomic E-state index is 0. The molecule has 0 aliphatic carbocycles. The van der Waals surface area contributed by atoms with Crippen molar-refractivity contribution in [2.45, 2.75) is 73.0 Å². The maximum atomic E-state index is 7.28. The standard InChI is InChI=1S/C30H31N2O.C13H12N.Ir/c1-18(2)21-14-15-24-25(17-33-28(24)16-21)30-31-26-12-7-8-13-27(26)32(30)29-22(19(3)4)10-9-11-23(29)20(5)6;1-10-3-6-12(7-4-10)13-8-5-11(2)9-14-13;/h7-16,18-20H,1-6H3;3-6,8-9H,1-2H3;/q2*-1;/i;1D3,2D3;. The maximum Gasteiger partial charge on any atom is 0.0774 e. The van der Waals surface area contributed by atoms with Gasteiger partial charge in [0.15, 0.2) is 0 Å². The molecule has 0 spiro atoms. The molecular weight excluding hydrogens is 767 g/mol. The fourth-order valence-electron chi connectivity index (χ4n) is 5.84. The van der Waals surface area contributed by atoms with Crippen LogP contribution in [0.15, 0.2) is 102 Å². The van der Waals surface area contributed by atoms with Crippen molar-refractivity contribution in [2.24, 2.45) is 0 Å². The van der Waals surface area contributed by atoms with Crippen molar-refractivity contribution in [3.05, 3.63) is 137 Å². The normalized spacial score (nSPS) is 13.7. The minimum Gasteiger partial charge on any atom is -0.557 e. The monoisotopic (exact) mass is 816 g/mol. The Morgan fingerprint density at radius 3 is 2.12 bits per heavy atom. The molecule has 3 aromatic heterocycles. The van der Waals surface area contributed by atoms with E-state index >= 15 is 0 Å². The second kappa shape index (κ2) is 14.8. The Bertz CT molecular complexity index is 2270. The molecule has 7 rings (SSSR count). The van der Waals surface area contributed by atoms with Crippen molar-refractivity contribution < 1.29 is 32.7 Å². The number of para-hydroxylation sites is 3. The Morgan fingerprint density at radius 1 is 0.771 bits per heavy atom. The smallest absolute Gasteiger partial charge is 0.0774 e. The van der Waals surface area contributed by atoms with Crippen molar-refractivity contribution in [2.75, 3.05) is 0 Å². The Hall–Kier alpha value is -4.31. The van der Waals surface area contributed by atoms with E-state index in [4.69, 9.17) is 17.6 Å². The molecule has 5 heteroatoms. The number of hydrogen-bond acceptors (Lipinski definition) is 3. The number of hydrogen-bond donors (Lipinski definition) is 0. The van der Waals surface area contributed by atoms with E-state index in [0.717, 1.165) is 33.4 Å². The maximum absolute atomic E-state index is 7.28. The Labute approximate surface area is 307 Å². The van der Waals surface area contributed by atoms with E-state index in [9.17, 15) is 0 Å². The Balaban J connectivity index is 0.000000230. The van der Waals surface area contributed by atoms with Gasteiger partial charge < -0.3 is 14.0 Å². The van der Waals surface area contributed by atoms with Crippen molar-refractivity contribution in [1.82, 2.24) is 14.5 Å². The minimum atomic E-state index is -2.18. The molecule has 0 saturated carbocycles. The van der Waals surface area contributed by atoms with Crippen LogP contribution in [-0.4, -0.2) is 14.5 Å². The van der Waals surface area contributed by atoms with Gasteiger partial charge in [-0.2, -0.15) is 0 Å². The molecule has 0 saturated heterocycles. The molecule has 3 heterocycles. The molecule has 0 amide bonds. The van der Waals surface area contributed by atoms with Crippen LogP contribution in [0.3, 0.4) is 0 Å². The summed E-state index contributed by atoms with van der Waals surface area (Å²) in [4.78, 5) is 9.19. The van der Waals surface area contributed by atoms with E-state index in [-0.39, 0.29) is 31.2 Å². The largest absolute Gasteiger partial charge is 0.557 e. The number of furan rings is 1. The zero-order chi connectivity index (χ0) is 38.2. The van der Waals surface area contributed by atoms with Gasteiger partial charge in [-0.3, -0.25) is 4.98 Å². The van der Waals surface area contributed by atoms with E-state index in [1.165, 1.54) is 46.8 Å². The molecule has 1 radical (unpaired) electrons. The second-order valence-electron chi connectivity index (χ2n) is 12.8. The Morgan fingerprint density at radius 2 is 1.50 bits per heavy atom. The zero-order valence-corrected chi connectivity index (χ0v) is 30.4. The fraction of sp³-hybridized carbons (Fsp3) is 0.256. The average Bonchev–Trinajstić information content (AvgIpc) is 3.72. The summed E-state index contributed by atoms with van der Waals surface area (Å²) in [7, 11) is 0. The van der Waals surface area contributed by atoms with Crippen molar-refractivity contribution in [1.29, 1.82) is 0 Å². The molecule has 0 bridgehead atoms. The summed E-state index contributed by atoms with van der Waals surface area (Å²) in [6.07, 6.45) is 4.51. The van der Waals surface area contributed by atoms with E-state index < -0.39 is 13.7 Å². The number of aryl methyl sites for hydroxylation is 2. The van der Waals surface area contributed by atoms with Crippen LogP contribution >= 0.6 is 0 Å². The van der Waals surface area contributed by atoms with Gasteiger partial charge in [0.25, 0.3) is 0 Å². The van der Waals surface area contributed by atoms with Gasteiger partial charge in [0, 0.05) is 52.1 Å². The third kappa shape index (κ3) is 7.09. The number of benzene rings is 4. The van der Waals surface area contributed by atoms with Gasteiger partial charge in [-0.1, -0.05) is 120 Å². The fourth-order valence-corrected chi connectivity index (χ4v) is 5.84. The molecule has 0 aliphatic heterocycles. The van der Waals surface area contributed by atoms with Gasteiger partial charge in [0.05, 0.1) is 16.9 Å². The summed E-state index contributed by atoms with van der Waals surface area (Å²) in [5, 5.41) is 1.05. The summed E-state index contributed by atoms with van der Waals surface area (Å²) in [6.45, 7) is 9.09. The predicted molar refractivity (Wildman–Crippen MR) is 195 cm³/mol. The van der Waals surface area contributed by atoms with E-state index in [1.807, 2.05) is 6.07 Å². The average molecular weight is 816 g/mol. The SMILES string of the molecule is CC(C)c1ccc2c(-c3nc4ccccc4n3-c3c(C(C)C)cccc3C(C)C)[c-]oc2c1.[2H]C([2H])([2H])c1c[c-]c(-c2ccc(C([2H])([2H])[2H])cn2)cc1.[Ir]. The molecule has 4 aromatic carbocycles. The Kier molecular flexibility index (Phi) is 8.54. The van der Waals surface area contributed by atoms with Gasteiger partial charge in [-0.15, -0.1) is 41.5 Å². The predicted octanol–water partition coefficient (Wildman–Crippen LogP) is 11.8. The van der Waals surface area contributed by atoms with Gasteiger partial charge in [-0.25, -0.2) is 0 Å². The molecule has 0 N–H and O–H groups in total. The summed E-state index contributed by atoms with van der Waals surface area (Å²) >= 11 is 0. The van der Waals surface area contributed by atoms with Crippen molar-refractivity contribution >= 4 is 22.0 Å². The number of pyridine rings is 1. The third-order valence-electron chi connectivity index (χ3n) is 8.41. The van der Waals surface area contributed by atoms with Crippen molar-refractivity contribution in [3.8, 4) is 28.3 Å². The first-order valence-electron chi connectivity index (χ1n) is 19.1. The van der Waals surface area contributed by atoms with Crippen LogP contribution in [-0.2, 0) is 20.1 Å². The topological polar surface area (TPSA) is 43.9 Å². The van der Waals surface area contributed by atoms with Crippen LogP contribution in [0.2, 0.25) is 0 Å². The first-order chi connectivity index (χ1) is 25.0. The van der Waals surface area contributed by atoms with Crippen LogP contribution in [0.4, 0.5) is 0 Å². The van der Waals surface area contributed by atoms with Crippen molar-refractivity contribution in [3.63, 3.8) is 0 Å². The van der Waals surface area contributed by atoms with Crippen LogP contribution in [0.5, 0.6) is 0 Å². The first kappa shape index (κ1) is 27.6. The number of rotatable bonds is 6. The third-order valence-corrected chi connectivity index (χ3v) is 8.41. The summed E-state index contributed by atoms with van der Waals surface area (Å²) in [5.74, 6) is 2.08. The number of nitrogens with zero attached hydrogens (tertiary/aromatic N) is 3. The van der Waals surface area contributed by atoms with E-state index in [2.05, 4.69) is 118 Å². The molecule has 7 aromatic rings. The van der Waals surface area contributed by atoms with Crippen LogP contribution in [0, 0.1) is 26.0 Å². The van der Waals surface area contributed by atoms with Gasteiger partial charge in [0.2, 0.25) is 0 Å². The molecular formula is C43H43IrN3O-2. The van der Waals surface area contributed by atoms with Gasteiger partial charge in [0.1, 0.15) is 0 Å². The molecule has 0 fully saturated rings. The number of aromatic nitrogens is 3. The van der Waals surface area contributed by atoms with Crippen LogP contribution in [0.25, 0.3) is 50.3 Å². The summed E-state index contributed by atoms with van der Waals surface area (Å²) < 4.78 is 51.9. The molecule has 0 atom stereocenters. The molecule has 0 aliphatic rings. The van der Waals surface area contributed by atoms with Crippen LogP contribution in [0.1, 0.15) is 95.3 Å².